The number of hydrogen-bond acceptors (Lipinski definition) is 3. The summed E-state index contributed by atoms with van der Waals surface area (Å²) in [4.78, 5) is 29.7. The molecule has 2 aliphatic carbocycles. The van der Waals surface area contributed by atoms with E-state index in [2.05, 4.69) is 15.1 Å². The molecule has 4 aliphatic rings. The lowest BCUT2D eigenvalue weighted by Crippen LogP contribution is -2.51. The highest BCUT2D eigenvalue weighted by Gasteiger charge is 2.34. The van der Waals surface area contributed by atoms with Gasteiger partial charge in [0.1, 0.15) is 0 Å². The van der Waals surface area contributed by atoms with Gasteiger partial charge >= 0.3 is 0 Å². The maximum Gasteiger partial charge on any atom is 0.224 e. The minimum atomic E-state index is 0.172. The number of amides is 2. The molecule has 4 rings (SSSR count). The monoisotopic (exact) mass is 375 g/mol. The molecule has 5 nitrogen and oxygen atoms in total. The van der Waals surface area contributed by atoms with E-state index in [1.54, 1.807) is 0 Å². The van der Waals surface area contributed by atoms with Gasteiger partial charge < -0.3 is 10.2 Å². The molecule has 1 N–H and O–H groups in total. The van der Waals surface area contributed by atoms with Gasteiger partial charge in [0, 0.05) is 38.1 Å². The van der Waals surface area contributed by atoms with Crippen LogP contribution in [-0.4, -0.2) is 59.9 Å². The summed E-state index contributed by atoms with van der Waals surface area (Å²) in [6.45, 7) is 3.85. The molecule has 2 amide bonds. The Morgan fingerprint density at radius 2 is 1.56 bits per heavy atom. The summed E-state index contributed by atoms with van der Waals surface area (Å²) >= 11 is 0. The molecule has 152 valence electrons. The van der Waals surface area contributed by atoms with E-state index in [0.29, 0.717) is 23.9 Å². The minimum absolute atomic E-state index is 0.172. The topological polar surface area (TPSA) is 52.7 Å². The lowest BCUT2D eigenvalue weighted by atomic mass is 9.86. The van der Waals surface area contributed by atoms with Gasteiger partial charge in [-0.25, -0.2) is 0 Å². The molecule has 2 saturated heterocycles. The van der Waals surface area contributed by atoms with Crippen LogP contribution >= 0.6 is 0 Å². The van der Waals surface area contributed by atoms with Crippen LogP contribution in [0.1, 0.15) is 77.0 Å². The first kappa shape index (κ1) is 19.2. The number of rotatable bonds is 5. The molecule has 2 saturated carbocycles. The first-order valence-corrected chi connectivity index (χ1v) is 11.5. The summed E-state index contributed by atoms with van der Waals surface area (Å²) in [7, 11) is 0. The van der Waals surface area contributed by atoms with Crippen LogP contribution in [0.15, 0.2) is 0 Å². The van der Waals surface area contributed by atoms with Gasteiger partial charge in [0.25, 0.3) is 0 Å². The summed E-state index contributed by atoms with van der Waals surface area (Å²) in [5.41, 5.74) is 0. The van der Waals surface area contributed by atoms with Crippen molar-refractivity contribution >= 4 is 11.8 Å². The zero-order valence-electron chi connectivity index (χ0n) is 16.8. The molecule has 1 atom stereocenters. The standard InChI is InChI=1S/C22H37N3O2/c26-21(15-17-5-2-1-3-6-17)24-13-10-20(11-14-24)25-12-4-7-18(16-25)22(27)23-19-8-9-19/h17-20H,1-16H2,(H,23,27)/t18-/m1/s1. The first-order chi connectivity index (χ1) is 13.2. The van der Waals surface area contributed by atoms with Crippen molar-refractivity contribution in [3.05, 3.63) is 0 Å². The van der Waals surface area contributed by atoms with Gasteiger partial charge in [-0.15, -0.1) is 0 Å². The molecular formula is C22H37N3O2. The molecule has 0 radical (unpaired) electrons. The number of piperidine rings is 2. The second kappa shape index (κ2) is 8.93. The van der Waals surface area contributed by atoms with E-state index in [9.17, 15) is 9.59 Å². The largest absolute Gasteiger partial charge is 0.353 e. The average Bonchev–Trinajstić information content (AvgIpc) is 3.53. The van der Waals surface area contributed by atoms with E-state index in [1.807, 2.05) is 0 Å². The van der Waals surface area contributed by atoms with Crippen molar-refractivity contribution in [2.24, 2.45) is 11.8 Å². The van der Waals surface area contributed by atoms with Gasteiger partial charge in [0.2, 0.25) is 11.8 Å². The van der Waals surface area contributed by atoms with Crippen LogP contribution in [0.4, 0.5) is 0 Å². The number of nitrogens with one attached hydrogen (secondary N) is 1. The van der Waals surface area contributed by atoms with Gasteiger partial charge in [0.15, 0.2) is 0 Å². The smallest absolute Gasteiger partial charge is 0.224 e. The Labute approximate surface area is 164 Å². The van der Waals surface area contributed by atoms with Crippen molar-refractivity contribution in [1.29, 1.82) is 0 Å². The van der Waals surface area contributed by atoms with Gasteiger partial charge in [-0.05, 0) is 63.8 Å². The van der Waals surface area contributed by atoms with Gasteiger partial charge in [-0.1, -0.05) is 19.3 Å². The highest BCUT2D eigenvalue weighted by atomic mass is 16.2. The summed E-state index contributed by atoms with van der Waals surface area (Å²) < 4.78 is 0. The molecule has 27 heavy (non-hydrogen) atoms. The Morgan fingerprint density at radius 3 is 2.26 bits per heavy atom. The molecule has 0 unspecified atom stereocenters. The predicted octanol–water partition coefficient (Wildman–Crippen LogP) is 2.94. The van der Waals surface area contributed by atoms with Crippen LogP contribution in [0, 0.1) is 11.8 Å². The van der Waals surface area contributed by atoms with Crippen LogP contribution < -0.4 is 5.32 Å². The number of likely N-dealkylation sites (tertiary alicyclic amines) is 2. The van der Waals surface area contributed by atoms with Crippen LogP contribution in [-0.2, 0) is 9.59 Å². The highest BCUT2D eigenvalue weighted by Crippen LogP contribution is 2.29. The summed E-state index contributed by atoms with van der Waals surface area (Å²) in [6, 6.07) is 1.02. The molecular weight excluding hydrogens is 338 g/mol. The number of carbonyl (C=O) groups excluding carboxylic acids is 2. The maximum absolute atomic E-state index is 12.7. The van der Waals surface area contributed by atoms with Crippen LogP contribution in [0.2, 0.25) is 0 Å². The zero-order valence-corrected chi connectivity index (χ0v) is 16.8. The predicted molar refractivity (Wildman–Crippen MR) is 106 cm³/mol. The maximum atomic E-state index is 12.7. The fourth-order valence-electron chi connectivity index (χ4n) is 5.35. The Kier molecular flexibility index (Phi) is 6.36. The van der Waals surface area contributed by atoms with E-state index in [1.165, 1.54) is 32.1 Å². The fourth-order valence-corrected chi connectivity index (χ4v) is 5.35. The van der Waals surface area contributed by atoms with E-state index in [4.69, 9.17) is 0 Å². The van der Waals surface area contributed by atoms with Crippen molar-refractivity contribution in [1.82, 2.24) is 15.1 Å². The van der Waals surface area contributed by atoms with Gasteiger partial charge in [0.05, 0.1) is 5.92 Å². The third-order valence-electron chi connectivity index (χ3n) is 7.27. The summed E-state index contributed by atoms with van der Waals surface area (Å²) in [5.74, 6) is 1.48. The SMILES string of the molecule is O=C(NC1CC1)[C@@H]1CCCN(C2CCN(C(=O)CC3CCCCC3)CC2)C1. The molecule has 0 spiro atoms. The Balaban J connectivity index is 1.21. The van der Waals surface area contributed by atoms with Crippen molar-refractivity contribution < 1.29 is 9.59 Å². The molecule has 4 fully saturated rings. The number of hydrogen-bond donors (Lipinski definition) is 1. The molecule has 2 aliphatic heterocycles. The Hall–Kier alpha value is -1.10. The second-order valence-electron chi connectivity index (χ2n) is 9.44. The molecule has 0 bridgehead atoms. The zero-order chi connectivity index (χ0) is 18.6. The van der Waals surface area contributed by atoms with E-state index >= 15 is 0 Å². The lowest BCUT2D eigenvalue weighted by Gasteiger charge is -2.42. The van der Waals surface area contributed by atoms with E-state index in [0.717, 1.165) is 71.1 Å². The third-order valence-corrected chi connectivity index (χ3v) is 7.27. The van der Waals surface area contributed by atoms with E-state index < -0.39 is 0 Å². The molecule has 0 aromatic heterocycles. The first-order valence-electron chi connectivity index (χ1n) is 11.5. The summed E-state index contributed by atoms with van der Waals surface area (Å²) in [5, 5.41) is 3.19. The summed E-state index contributed by atoms with van der Waals surface area (Å²) in [6.07, 6.45) is 13.9. The van der Waals surface area contributed by atoms with E-state index in [-0.39, 0.29) is 11.8 Å². The van der Waals surface area contributed by atoms with Gasteiger partial charge in [-0.2, -0.15) is 0 Å². The molecule has 0 aromatic carbocycles. The molecule has 0 aromatic rings. The van der Waals surface area contributed by atoms with Crippen molar-refractivity contribution in [2.75, 3.05) is 26.2 Å². The second-order valence-corrected chi connectivity index (χ2v) is 9.44. The lowest BCUT2D eigenvalue weighted by molar-refractivity contribution is -0.134. The third kappa shape index (κ3) is 5.24. The van der Waals surface area contributed by atoms with Crippen molar-refractivity contribution in [3.63, 3.8) is 0 Å². The van der Waals surface area contributed by atoms with Crippen LogP contribution in [0.3, 0.4) is 0 Å². The normalized spacial score (nSPS) is 28.9. The van der Waals surface area contributed by atoms with Gasteiger partial charge in [-0.3, -0.25) is 14.5 Å². The number of nitrogens with zero attached hydrogens (tertiary/aromatic N) is 2. The highest BCUT2D eigenvalue weighted by molar-refractivity contribution is 5.79. The quantitative estimate of drug-likeness (QED) is 0.804. The molecule has 2 heterocycles. The Morgan fingerprint density at radius 1 is 0.815 bits per heavy atom. The minimum Gasteiger partial charge on any atom is -0.353 e. The fraction of sp³-hybridized carbons (Fsp3) is 0.909. The van der Waals surface area contributed by atoms with Crippen molar-refractivity contribution in [2.45, 2.75) is 89.1 Å². The number of carbonyl (C=O) groups is 2. The Bertz CT molecular complexity index is 520. The average molecular weight is 376 g/mol. The van der Waals surface area contributed by atoms with Crippen LogP contribution in [0.25, 0.3) is 0 Å². The molecule has 5 heteroatoms. The van der Waals surface area contributed by atoms with Crippen molar-refractivity contribution in [3.8, 4) is 0 Å². The van der Waals surface area contributed by atoms with Crippen LogP contribution in [0.5, 0.6) is 0 Å².